The van der Waals surface area contributed by atoms with Crippen LogP contribution in [0.3, 0.4) is 0 Å². The SMILES string of the molecule is C#CCc1ccccc1N=C=Nc1ccccc1CC#C. The molecule has 0 amide bonds. The van der Waals surface area contributed by atoms with Gasteiger partial charge in [-0.25, -0.2) is 0 Å². The average molecular weight is 270 g/mol. The lowest BCUT2D eigenvalue weighted by atomic mass is 10.1. The van der Waals surface area contributed by atoms with E-state index < -0.39 is 0 Å². The molecule has 0 spiro atoms. The number of para-hydroxylation sites is 2. The van der Waals surface area contributed by atoms with E-state index in [1.807, 2.05) is 48.5 Å². The van der Waals surface area contributed by atoms with E-state index in [0.29, 0.717) is 12.8 Å². The van der Waals surface area contributed by atoms with Gasteiger partial charge < -0.3 is 0 Å². The average Bonchev–Trinajstić information content (AvgIpc) is 2.51. The summed E-state index contributed by atoms with van der Waals surface area (Å²) in [6, 6.07) is 18.1. The van der Waals surface area contributed by atoms with E-state index in [0.717, 1.165) is 22.5 Å². The second kappa shape index (κ2) is 7.51. The van der Waals surface area contributed by atoms with E-state index in [4.69, 9.17) is 12.8 Å². The van der Waals surface area contributed by atoms with Crippen molar-refractivity contribution >= 4 is 17.4 Å². The summed E-state index contributed by atoms with van der Waals surface area (Å²) < 4.78 is 0. The quantitative estimate of drug-likeness (QED) is 0.588. The Bertz CT molecular complexity index is 703. The number of hydrogen-bond donors (Lipinski definition) is 0. The molecule has 0 saturated carbocycles. The first-order chi connectivity index (χ1) is 10.3. The van der Waals surface area contributed by atoms with E-state index in [2.05, 4.69) is 27.8 Å². The van der Waals surface area contributed by atoms with Crippen molar-refractivity contribution < 1.29 is 0 Å². The lowest BCUT2D eigenvalue weighted by Gasteiger charge is -1.99. The molecule has 2 nitrogen and oxygen atoms in total. The molecule has 0 fully saturated rings. The minimum absolute atomic E-state index is 0.537. The Morgan fingerprint density at radius 1 is 0.714 bits per heavy atom. The van der Waals surface area contributed by atoms with Gasteiger partial charge in [-0.05, 0) is 23.3 Å². The summed E-state index contributed by atoms with van der Waals surface area (Å²) in [5, 5.41) is 0. The number of nitrogens with zero attached hydrogens (tertiary/aromatic N) is 2. The normalized spacial score (nSPS) is 9.05. The summed E-state index contributed by atoms with van der Waals surface area (Å²) in [4.78, 5) is 8.51. The summed E-state index contributed by atoms with van der Waals surface area (Å²) in [5.74, 6) is 5.24. The summed E-state index contributed by atoms with van der Waals surface area (Å²) in [6.45, 7) is 0. The molecule has 2 aromatic carbocycles. The predicted molar refractivity (Wildman–Crippen MR) is 87.1 cm³/mol. The van der Waals surface area contributed by atoms with Crippen LogP contribution in [0.4, 0.5) is 11.4 Å². The molecule has 0 heterocycles. The van der Waals surface area contributed by atoms with Crippen molar-refractivity contribution in [3.8, 4) is 24.7 Å². The number of rotatable bonds is 4. The zero-order chi connectivity index (χ0) is 14.9. The van der Waals surface area contributed by atoms with Crippen molar-refractivity contribution in [3.05, 3.63) is 59.7 Å². The van der Waals surface area contributed by atoms with Crippen LogP contribution in [-0.2, 0) is 12.8 Å². The first-order valence-corrected chi connectivity index (χ1v) is 6.54. The smallest absolute Gasteiger partial charge is 0.100 e. The van der Waals surface area contributed by atoms with Crippen LogP contribution < -0.4 is 0 Å². The Labute approximate surface area is 125 Å². The third kappa shape index (κ3) is 3.95. The fraction of sp³-hybridized carbons (Fsp3) is 0.105. The highest BCUT2D eigenvalue weighted by molar-refractivity contribution is 5.62. The molecule has 21 heavy (non-hydrogen) atoms. The molecule has 0 aromatic heterocycles. The second-order valence-electron chi connectivity index (χ2n) is 4.34. The molecule has 100 valence electrons. The first kappa shape index (κ1) is 14.4. The minimum atomic E-state index is 0.537. The molecule has 0 bridgehead atoms. The highest BCUT2D eigenvalue weighted by Gasteiger charge is 1.98. The van der Waals surface area contributed by atoms with Crippen LogP contribution >= 0.6 is 0 Å². The van der Waals surface area contributed by atoms with E-state index in [9.17, 15) is 0 Å². The van der Waals surface area contributed by atoms with E-state index in [-0.39, 0.29) is 0 Å². The van der Waals surface area contributed by atoms with Crippen molar-refractivity contribution in [2.45, 2.75) is 12.8 Å². The van der Waals surface area contributed by atoms with Crippen molar-refractivity contribution in [3.63, 3.8) is 0 Å². The largest absolute Gasteiger partial charge is 0.187 e. The summed E-state index contributed by atoms with van der Waals surface area (Å²) in [6.07, 6.45) is 11.8. The zero-order valence-corrected chi connectivity index (χ0v) is 11.6. The van der Waals surface area contributed by atoms with Crippen LogP contribution in [0.25, 0.3) is 0 Å². The van der Waals surface area contributed by atoms with Gasteiger partial charge in [0, 0.05) is 12.8 Å². The van der Waals surface area contributed by atoms with E-state index >= 15 is 0 Å². The number of aliphatic imine (C=N–C) groups is 2. The van der Waals surface area contributed by atoms with Crippen LogP contribution in [-0.4, -0.2) is 6.01 Å². The van der Waals surface area contributed by atoms with Crippen molar-refractivity contribution in [1.29, 1.82) is 0 Å². The van der Waals surface area contributed by atoms with Gasteiger partial charge in [0.25, 0.3) is 0 Å². The fourth-order valence-electron chi connectivity index (χ4n) is 1.89. The Morgan fingerprint density at radius 3 is 1.57 bits per heavy atom. The molecule has 0 aliphatic heterocycles. The highest BCUT2D eigenvalue weighted by Crippen LogP contribution is 2.20. The fourth-order valence-corrected chi connectivity index (χ4v) is 1.89. The topological polar surface area (TPSA) is 24.7 Å². The maximum Gasteiger partial charge on any atom is 0.100 e. The molecule has 2 rings (SSSR count). The number of hydrogen-bond acceptors (Lipinski definition) is 2. The van der Waals surface area contributed by atoms with Crippen LogP contribution in [0.1, 0.15) is 11.1 Å². The van der Waals surface area contributed by atoms with Crippen molar-refractivity contribution in [2.75, 3.05) is 0 Å². The third-order valence-corrected chi connectivity index (χ3v) is 2.91. The number of benzene rings is 2. The molecule has 0 N–H and O–H groups in total. The summed E-state index contributed by atoms with van der Waals surface area (Å²) in [7, 11) is 0. The standard InChI is InChI=1S/C19H14N2/c1-3-9-16-11-5-7-13-18(16)20-15-21-19-14-8-6-12-17(19)10-4-2/h1-2,5-8,11-14H,9-10H2. The molecule has 0 aliphatic carbocycles. The van der Waals surface area contributed by atoms with Gasteiger partial charge in [-0.15, -0.1) is 24.7 Å². The Hall–Kier alpha value is -3.06. The van der Waals surface area contributed by atoms with Gasteiger partial charge in [0.05, 0.1) is 11.4 Å². The maximum atomic E-state index is 5.35. The third-order valence-electron chi connectivity index (χ3n) is 2.91. The molecule has 0 atom stereocenters. The van der Waals surface area contributed by atoms with Gasteiger partial charge in [-0.2, -0.15) is 9.98 Å². The molecule has 2 aromatic rings. The maximum absolute atomic E-state index is 5.35. The highest BCUT2D eigenvalue weighted by atomic mass is 14.8. The molecule has 0 unspecified atom stereocenters. The van der Waals surface area contributed by atoms with Crippen LogP contribution in [0.2, 0.25) is 0 Å². The molecule has 2 heteroatoms. The molecular weight excluding hydrogens is 256 g/mol. The monoisotopic (exact) mass is 270 g/mol. The lowest BCUT2D eigenvalue weighted by molar-refractivity contribution is 1.28. The van der Waals surface area contributed by atoms with Crippen molar-refractivity contribution in [2.24, 2.45) is 9.98 Å². The van der Waals surface area contributed by atoms with Crippen molar-refractivity contribution in [1.82, 2.24) is 0 Å². The summed E-state index contributed by atoms with van der Waals surface area (Å²) >= 11 is 0. The minimum Gasteiger partial charge on any atom is -0.187 e. The number of terminal acetylenes is 2. The first-order valence-electron chi connectivity index (χ1n) is 6.54. The van der Waals surface area contributed by atoms with E-state index in [1.165, 1.54) is 0 Å². The molecular formula is C19H14N2. The molecule has 0 aliphatic rings. The van der Waals surface area contributed by atoms with Gasteiger partial charge >= 0.3 is 0 Å². The van der Waals surface area contributed by atoms with Gasteiger partial charge in [0.15, 0.2) is 0 Å². The van der Waals surface area contributed by atoms with Crippen LogP contribution in [0.5, 0.6) is 0 Å². The summed E-state index contributed by atoms with van der Waals surface area (Å²) in [5.41, 5.74) is 3.54. The predicted octanol–water partition coefficient (Wildman–Crippen LogP) is 4.18. The zero-order valence-electron chi connectivity index (χ0n) is 11.6. The van der Waals surface area contributed by atoms with Gasteiger partial charge in [-0.3, -0.25) is 0 Å². The van der Waals surface area contributed by atoms with Crippen LogP contribution in [0, 0.1) is 24.7 Å². The Kier molecular flexibility index (Phi) is 5.13. The molecule has 0 radical (unpaired) electrons. The Balaban J connectivity index is 2.30. The van der Waals surface area contributed by atoms with Gasteiger partial charge in [0.2, 0.25) is 0 Å². The van der Waals surface area contributed by atoms with Crippen LogP contribution in [0.15, 0.2) is 58.5 Å². The lowest BCUT2D eigenvalue weighted by Crippen LogP contribution is -1.82. The van der Waals surface area contributed by atoms with Gasteiger partial charge in [-0.1, -0.05) is 36.4 Å². The molecule has 0 saturated heterocycles. The Morgan fingerprint density at radius 2 is 1.14 bits per heavy atom. The second-order valence-corrected chi connectivity index (χ2v) is 4.34. The van der Waals surface area contributed by atoms with Gasteiger partial charge in [0.1, 0.15) is 6.01 Å². The van der Waals surface area contributed by atoms with E-state index in [1.54, 1.807) is 0 Å².